The monoisotopic (exact) mass is 464 g/mol. The molecule has 2 amide bonds. The molecule has 3 rings (SSSR count). The molecule has 2 aromatic carbocycles. The summed E-state index contributed by atoms with van der Waals surface area (Å²) >= 11 is 1.50. The summed E-state index contributed by atoms with van der Waals surface area (Å²) in [6.45, 7) is 1.82. The number of carbonyl (C=O) groups excluding carboxylic acids is 2. The number of fused-ring (bicyclic) bond motifs is 1. The molecular weight excluding hydrogens is 440 g/mol. The number of hydrogen-bond acceptors (Lipinski definition) is 7. The Morgan fingerprint density at radius 1 is 1.19 bits per heavy atom. The van der Waals surface area contributed by atoms with Crippen LogP contribution in [-0.4, -0.2) is 46.0 Å². The second-order valence-corrected chi connectivity index (χ2v) is 10.2. The summed E-state index contributed by atoms with van der Waals surface area (Å²) in [5.74, 6) is 0.429. The Morgan fingerprint density at radius 3 is 2.68 bits per heavy atom. The molecule has 1 heterocycles. The number of thioether (sulfide) groups is 1. The van der Waals surface area contributed by atoms with Gasteiger partial charge in [-0.25, -0.2) is 8.42 Å². The van der Waals surface area contributed by atoms with Gasteiger partial charge < -0.3 is 20.1 Å². The van der Waals surface area contributed by atoms with Gasteiger partial charge >= 0.3 is 0 Å². The summed E-state index contributed by atoms with van der Waals surface area (Å²) in [4.78, 5) is 25.3. The third-order valence-electron chi connectivity index (χ3n) is 4.78. The van der Waals surface area contributed by atoms with E-state index in [1.807, 2.05) is 6.92 Å². The predicted octanol–water partition coefficient (Wildman–Crippen LogP) is 3.19. The predicted molar refractivity (Wildman–Crippen MR) is 120 cm³/mol. The van der Waals surface area contributed by atoms with Crippen LogP contribution in [0.15, 0.2) is 46.2 Å². The Hall–Kier alpha value is -2.72. The van der Waals surface area contributed by atoms with Crippen LogP contribution in [0.1, 0.15) is 13.3 Å². The van der Waals surface area contributed by atoms with Crippen molar-refractivity contribution in [2.45, 2.75) is 23.1 Å². The molecule has 0 saturated heterocycles. The second kappa shape index (κ2) is 9.61. The van der Waals surface area contributed by atoms with E-state index in [4.69, 9.17) is 9.47 Å². The van der Waals surface area contributed by atoms with Crippen molar-refractivity contribution in [3.8, 4) is 11.5 Å². The maximum Gasteiger partial charge on any atom is 0.228 e. The zero-order chi connectivity index (χ0) is 22.6. The number of ether oxygens (including phenoxy) is 2. The number of rotatable bonds is 7. The molecule has 0 radical (unpaired) electrons. The van der Waals surface area contributed by atoms with Crippen molar-refractivity contribution in [1.82, 2.24) is 0 Å². The maximum atomic E-state index is 12.8. The summed E-state index contributed by atoms with van der Waals surface area (Å²) in [7, 11) is -0.757. The largest absolute Gasteiger partial charge is 0.497 e. The van der Waals surface area contributed by atoms with Crippen LogP contribution in [0, 0.1) is 5.92 Å². The average Bonchev–Trinajstić information content (AvgIpc) is 2.90. The summed E-state index contributed by atoms with van der Waals surface area (Å²) in [6.07, 6.45) is -0.238. The quantitative estimate of drug-likeness (QED) is 0.647. The topological polar surface area (TPSA) is 111 Å². The zero-order valence-corrected chi connectivity index (χ0v) is 19.1. The standard InChI is InChI=1S/C21H24N2O6S2/c1-13-12-30-19-7-5-15(11-17(19)23-21(13)25)31(26,27)9-8-20(24)22-16-10-14(28-2)4-6-18(16)29-3/h4-7,10-11,13H,8-9,12H2,1-3H3,(H,22,24)(H,23,25). The fourth-order valence-corrected chi connectivity index (χ4v) is 5.22. The molecule has 0 fully saturated rings. The molecule has 31 heavy (non-hydrogen) atoms. The summed E-state index contributed by atoms with van der Waals surface area (Å²) in [6, 6.07) is 9.58. The van der Waals surface area contributed by atoms with Crippen LogP contribution in [-0.2, 0) is 19.4 Å². The highest BCUT2D eigenvalue weighted by molar-refractivity contribution is 7.99. The maximum absolute atomic E-state index is 12.8. The minimum Gasteiger partial charge on any atom is -0.497 e. The molecule has 2 N–H and O–H groups in total. The van der Waals surface area contributed by atoms with Gasteiger partial charge in [0.25, 0.3) is 0 Å². The summed E-state index contributed by atoms with van der Waals surface area (Å²) < 4.78 is 35.9. The number of nitrogens with one attached hydrogen (secondary N) is 2. The van der Waals surface area contributed by atoms with E-state index in [0.717, 1.165) is 4.90 Å². The SMILES string of the molecule is COc1ccc(OC)c(NC(=O)CCS(=O)(=O)c2ccc3c(c2)NC(=O)C(C)CS3)c1. The lowest BCUT2D eigenvalue weighted by molar-refractivity contribution is -0.118. The third-order valence-corrected chi connectivity index (χ3v) is 7.83. The van der Waals surface area contributed by atoms with E-state index in [9.17, 15) is 18.0 Å². The van der Waals surface area contributed by atoms with Crippen LogP contribution < -0.4 is 20.1 Å². The van der Waals surface area contributed by atoms with Crippen molar-refractivity contribution in [3.05, 3.63) is 36.4 Å². The Kier molecular flexibility index (Phi) is 7.11. The molecule has 10 heteroatoms. The molecular formula is C21H24N2O6S2. The van der Waals surface area contributed by atoms with Crippen LogP contribution >= 0.6 is 11.8 Å². The first kappa shape index (κ1) is 23.0. The first-order valence-corrected chi connectivity index (χ1v) is 12.2. The molecule has 0 bridgehead atoms. The fraction of sp³-hybridized carbons (Fsp3) is 0.333. The van der Waals surface area contributed by atoms with E-state index >= 15 is 0 Å². The second-order valence-electron chi connectivity index (χ2n) is 7.04. The number of hydrogen-bond donors (Lipinski definition) is 2. The highest BCUT2D eigenvalue weighted by Crippen LogP contribution is 2.34. The van der Waals surface area contributed by atoms with Crippen molar-refractivity contribution in [3.63, 3.8) is 0 Å². The van der Waals surface area contributed by atoms with E-state index in [1.54, 1.807) is 24.3 Å². The molecule has 0 aliphatic carbocycles. The molecule has 0 saturated carbocycles. The van der Waals surface area contributed by atoms with Gasteiger partial charge in [0.15, 0.2) is 9.84 Å². The molecule has 1 atom stereocenters. The first-order valence-electron chi connectivity index (χ1n) is 9.56. The van der Waals surface area contributed by atoms with Crippen molar-refractivity contribution in [2.75, 3.05) is 36.4 Å². The number of anilines is 2. The fourth-order valence-electron chi connectivity index (χ4n) is 2.94. The van der Waals surface area contributed by atoms with Crippen LogP contribution in [0.25, 0.3) is 0 Å². The lowest BCUT2D eigenvalue weighted by atomic mass is 10.2. The van der Waals surface area contributed by atoms with E-state index in [2.05, 4.69) is 10.6 Å². The molecule has 2 aromatic rings. The van der Waals surface area contributed by atoms with Gasteiger partial charge in [-0.15, -0.1) is 11.8 Å². The van der Waals surface area contributed by atoms with Gasteiger partial charge in [0, 0.05) is 29.1 Å². The Labute approximate surface area is 185 Å². The van der Waals surface area contributed by atoms with E-state index in [1.165, 1.54) is 38.1 Å². The lowest BCUT2D eigenvalue weighted by Crippen LogP contribution is -2.20. The lowest BCUT2D eigenvalue weighted by Gasteiger charge is -2.12. The smallest absolute Gasteiger partial charge is 0.228 e. The summed E-state index contributed by atoms with van der Waals surface area (Å²) in [5.41, 5.74) is 0.870. The van der Waals surface area contributed by atoms with Gasteiger partial charge in [0.2, 0.25) is 11.8 Å². The molecule has 166 valence electrons. The van der Waals surface area contributed by atoms with Crippen molar-refractivity contribution in [2.24, 2.45) is 5.92 Å². The average molecular weight is 465 g/mol. The van der Waals surface area contributed by atoms with E-state index in [0.29, 0.717) is 28.6 Å². The van der Waals surface area contributed by atoms with Gasteiger partial charge in [0.05, 0.1) is 36.2 Å². The number of sulfone groups is 1. The number of benzene rings is 2. The van der Waals surface area contributed by atoms with Gasteiger partial charge in [-0.2, -0.15) is 0 Å². The highest BCUT2D eigenvalue weighted by Gasteiger charge is 2.23. The zero-order valence-electron chi connectivity index (χ0n) is 17.4. The molecule has 1 aliphatic rings. The normalized spacial score (nSPS) is 16.0. The third kappa shape index (κ3) is 5.50. The van der Waals surface area contributed by atoms with Crippen LogP contribution in [0.5, 0.6) is 11.5 Å². The Balaban J connectivity index is 1.70. The Bertz CT molecular complexity index is 1100. The van der Waals surface area contributed by atoms with Crippen molar-refractivity contribution >= 4 is 44.8 Å². The van der Waals surface area contributed by atoms with E-state index < -0.39 is 15.7 Å². The highest BCUT2D eigenvalue weighted by atomic mass is 32.2. The number of methoxy groups -OCH3 is 2. The molecule has 0 aromatic heterocycles. The van der Waals surface area contributed by atoms with Gasteiger partial charge in [-0.05, 0) is 30.3 Å². The minimum atomic E-state index is -3.73. The molecule has 1 unspecified atom stereocenters. The van der Waals surface area contributed by atoms with Crippen molar-refractivity contribution in [1.29, 1.82) is 0 Å². The first-order chi connectivity index (χ1) is 14.7. The van der Waals surface area contributed by atoms with Gasteiger partial charge in [-0.1, -0.05) is 6.92 Å². The van der Waals surface area contributed by atoms with Crippen LogP contribution in [0.4, 0.5) is 11.4 Å². The van der Waals surface area contributed by atoms with Gasteiger partial charge in [0.1, 0.15) is 11.5 Å². The summed E-state index contributed by atoms with van der Waals surface area (Å²) in [5, 5.41) is 5.44. The van der Waals surface area contributed by atoms with Crippen LogP contribution in [0.2, 0.25) is 0 Å². The number of amides is 2. The Morgan fingerprint density at radius 2 is 1.97 bits per heavy atom. The minimum absolute atomic E-state index is 0.0634. The molecule has 8 nitrogen and oxygen atoms in total. The molecule has 1 aliphatic heterocycles. The molecule has 0 spiro atoms. The van der Waals surface area contributed by atoms with Gasteiger partial charge in [-0.3, -0.25) is 9.59 Å². The van der Waals surface area contributed by atoms with Crippen LogP contribution in [0.3, 0.4) is 0 Å². The number of carbonyl (C=O) groups is 2. The van der Waals surface area contributed by atoms with E-state index in [-0.39, 0.29) is 28.9 Å². The van der Waals surface area contributed by atoms with Crippen molar-refractivity contribution < 1.29 is 27.5 Å².